The number of aliphatic hydroxyl groups is 1. The normalized spacial score (nSPS) is 10.5. The second-order valence-electron chi connectivity index (χ2n) is 2.99. The van der Waals surface area contributed by atoms with Gasteiger partial charge in [0.2, 0.25) is 0 Å². The van der Waals surface area contributed by atoms with Gasteiger partial charge in [-0.25, -0.2) is 4.39 Å². The molecule has 0 radical (unpaired) electrons. The second-order valence-corrected chi connectivity index (χ2v) is 3.40. The van der Waals surface area contributed by atoms with Crippen molar-refractivity contribution in [2.24, 2.45) is 0 Å². The number of aliphatic hydroxyl groups excluding tert-OH is 1. The van der Waals surface area contributed by atoms with Crippen molar-refractivity contribution < 1.29 is 9.50 Å². The fourth-order valence-corrected chi connectivity index (χ4v) is 1.33. The van der Waals surface area contributed by atoms with Crippen molar-refractivity contribution in [1.82, 2.24) is 5.32 Å². The Hall–Kier alpha value is -0.640. The molecule has 14 heavy (non-hydrogen) atoms. The molecule has 0 bridgehead atoms. The summed E-state index contributed by atoms with van der Waals surface area (Å²) in [5.74, 6) is -0.325. The third-order valence-electron chi connectivity index (χ3n) is 1.84. The van der Waals surface area contributed by atoms with Gasteiger partial charge in [-0.2, -0.15) is 0 Å². The van der Waals surface area contributed by atoms with Crippen LogP contribution in [-0.4, -0.2) is 18.3 Å². The summed E-state index contributed by atoms with van der Waals surface area (Å²) in [4.78, 5) is 0. The van der Waals surface area contributed by atoms with Crippen molar-refractivity contribution in [3.05, 3.63) is 34.6 Å². The molecule has 2 N–H and O–H groups in total. The van der Waals surface area contributed by atoms with Gasteiger partial charge in [0.25, 0.3) is 0 Å². The summed E-state index contributed by atoms with van der Waals surface area (Å²) < 4.78 is 12.7. The molecule has 0 aromatic heterocycles. The number of nitrogens with one attached hydrogen (secondary N) is 1. The van der Waals surface area contributed by atoms with Gasteiger partial charge in [0.15, 0.2) is 0 Å². The monoisotopic (exact) mass is 217 g/mol. The molecule has 0 saturated carbocycles. The van der Waals surface area contributed by atoms with E-state index in [1.165, 1.54) is 12.1 Å². The van der Waals surface area contributed by atoms with E-state index in [9.17, 15) is 4.39 Å². The van der Waals surface area contributed by atoms with E-state index >= 15 is 0 Å². The minimum atomic E-state index is -0.325. The molecule has 0 heterocycles. The highest BCUT2D eigenvalue weighted by atomic mass is 35.5. The van der Waals surface area contributed by atoms with Crippen LogP contribution in [0.1, 0.15) is 12.0 Å². The van der Waals surface area contributed by atoms with Crippen LogP contribution in [0, 0.1) is 5.82 Å². The number of benzene rings is 1. The van der Waals surface area contributed by atoms with Gasteiger partial charge in [-0.3, -0.25) is 0 Å². The van der Waals surface area contributed by atoms with Crippen LogP contribution >= 0.6 is 11.6 Å². The van der Waals surface area contributed by atoms with Crippen molar-refractivity contribution in [2.75, 3.05) is 13.2 Å². The highest BCUT2D eigenvalue weighted by Crippen LogP contribution is 2.16. The Kier molecular flexibility index (Phi) is 4.87. The van der Waals surface area contributed by atoms with Crippen LogP contribution in [0.2, 0.25) is 5.02 Å². The molecular weight excluding hydrogens is 205 g/mol. The highest BCUT2D eigenvalue weighted by molar-refractivity contribution is 6.31. The molecule has 1 rings (SSSR count). The predicted molar refractivity (Wildman–Crippen MR) is 54.8 cm³/mol. The quantitative estimate of drug-likeness (QED) is 0.739. The summed E-state index contributed by atoms with van der Waals surface area (Å²) in [5, 5.41) is 12.1. The first-order chi connectivity index (χ1) is 6.74. The van der Waals surface area contributed by atoms with Gasteiger partial charge in [0, 0.05) is 18.2 Å². The maximum atomic E-state index is 12.7. The molecule has 0 atom stereocenters. The first-order valence-electron chi connectivity index (χ1n) is 4.49. The molecule has 78 valence electrons. The van der Waals surface area contributed by atoms with Crippen LogP contribution in [0.4, 0.5) is 4.39 Å². The third-order valence-corrected chi connectivity index (χ3v) is 2.19. The Morgan fingerprint density at radius 1 is 1.43 bits per heavy atom. The number of hydrogen-bond donors (Lipinski definition) is 2. The fourth-order valence-electron chi connectivity index (χ4n) is 1.09. The molecular formula is C10H13ClFNO. The molecule has 0 unspecified atom stereocenters. The SMILES string of the molecule is OCCCNCc1ccc(F)cc1Cl. The standard InChI is InChI=1S/C10H13ClFNO/c11-10-6-9(12)3-2-8(10)7-13-4-1-5-14/h2-3,6,13-14H,1,4-5,7H2. The van der Waals surface area contributed by atoms with Gasteiger partial charge >= 0.3 is 0 Å². The highest BCUT2D eigenvalue weighted by Gasteiger charge is 2.00. The van der Waals surface area contributed by atoms with Crippen molar-refractivity contribution >= 4 is 11.6 Å². The molecule has 0 fully saturated rings. The molecule has 4 heteroatoms. The summed E-state index contributed by atoms with van der Waals surface area (Å²) in [6.07, 6.45) is 0.707. The van der Waals surface area contributed by atoms with E-state index in [0.29, 0.717) is 18.0 Å². The maximum Gasteiger partial charge on any atom is 0.124 e. The van der Waals surface area contributed by atoms with Gasteiger partial charge < -0.3 is 10.4 Å². The lowest BCUT2D eigenvalue weighted by atomic mass is 10.2. The molecule has 0 spiro atoms. The van der Waals surface area contributed by atoms with Crippen LogP contribution in [0.15, 0.2) is 18.2 Å². The Morgan fingerprint density at radius 2 is 2.21 bits per heavy atom. The van der Waals surface area contributed by atoms with Gasteiger partial charge in [0.1, 0.15) is 5.82 Å². The Labute approximate surface area is 87.7 Å². The van der Waals surface area contributed by atoms with E-state index < -0.39 is 0 Å². The molecule has 0 aliphatic rings. The van der Waals surface area contributed by atoms with Crippen molar-refractivity contribution in [3.8, 4) is 0 Å². The average Bonchev–Trinajstić information content (AvgIpc) is 2.15. The van der Waals surface area contributed by atoms with Crippen molar-refractivity contribution in [3.63, 3.8) is 0 Å². The van der Waals surface area contributed by atoms with Crippen molar-refractivity contribution in [2.45, 2.75) is 13.0 Å². The summed E-state index contributed by atoms with van der Waals surface area (Å²) in [5.41, 5.74) is 0.867. The minimum absolute atomic E-state index is 0.171. The smallest absolute Gasteiger partial charge is 0.124 e. The summed E-state index contributed by atoms with van der Waals surface area (Å²) >= 11 is 5.81. The first kappa shape index (κ1) is 11.4. The third kappa shape index (κ3) is 3.62. The molecule has 0 saturated heterocycles. The summed E-state index contributed by atoms with van der Waals surface area (Å²) in [6.45, 7) is 1.49. The zero-order valence-corrected chi connectivity index (χ0v) is 8.52. The van der Waals surface area contributed by atoms with Crippen LogP contribution in [-0.2, 0) is 6.54 Å². The fraction of sp³-hybridized carbons (Fsp3) is 0.400. The Balaban J connectivity index is 2.42. The average molecular weight is 218 g/mol. The lowest BCUT2D eigenvalue weighted by molar-refractivity contribution is 0.286. The molecule has 1 aromatic carbocycles. The number of hydrogen-bond acceptors (Lipinski definition) is 2. The van der Waals surface area contributed by atoms with Crippen LogP contribution in [0.5, 0.6) is 0 Å². The molecule has 1 aromatic rings. The van der Waals surface area contributed by atoms with E-state index in [0.717, 1.165) is 12.1 Å². The first-order valence-corrected chi connectivity index (χ1v) is 4.87. The lowest BCUT2D eigenvalue weighted by Gasteiger charge is -2.05. The van der Waals surface area contributed by atoms with E-state index in [1.807, 2.05) is 0 Å². The van der Waals surface area contributed by atoms with Gasteiger partial charge in [-0.05, 0) is 30.7 Å². The van der Waals surface area contributed by atoms with E-state index in [2.05, 4.69) is 5.32 Å². The Morgan fingerprint density at radius 3 is 2.86 bits per heavy atom. The Bertz CT molecular complexity index is 293. The van der Waals surface area contributed by atoms with Crippen LogP contribution in [0.3, 0.4) is 0 Å². The van der Waals surface area contributed by atoms with E-state index in [1.54, 1.807) is 6.07 Å². The van der Waals surface area contributed by atoms with Crippen LogP contribution in [0.25, 0.3) is 0 Å². The maximum absolute atomic E-state index is 12.7. The number of halogens is 2. The predicted octanol–water partition coefficient (Wildman–Crippen LogP) is 1.95. The molecule has 0 amide bonds. The van der Waals surface area contributed by atoms with E-state index in [-0.39, 0.29) is 12.4 Å². The number of rotatable bonds is 5. The molecule has 2 nitrogen and oxygen atoms in total. The van der Waals surface area contributed by atoms with E-state index in [4.69, 9.17) is 16.7 Å². The largest absolute Gasteiger partial charge is 0.396 e. The van der Waals surface area contributed by atoms with Gasteiger partial charge in [-0.1, -0.05) is 17.7 Å². The topological polar surface area (TPSA) is 32.3 Å². The van der Waals surface area contributed by atoms with Gasteiger partial charge in [0.05, 0.1) is 0 Å². The van der Waals surface area contributed by atoms with Gasteiger partial charge in [-0.15, -0.1) is 0 Å². The minimum Gasteiger partial charge on any atom is -0.396 e. The van der Waals surface area contributed by atoms with Crippen LogP contribution < -0.4 is 5.32 Å². The lowest BCUT2D eigenvalue weighted by Crippen LogP contribution is -2.15. The second kappa shape index (κ2) is 5.96. The molecule has 0 aliphatic heterocycles. The summed E-state index contributed by atoms with van der Waals surface area (Å²) in [7, 11) is 0. The zero-order valence-electron chi connectivity index (χ0n) is 7.76. The molecule has 0 aliphatic carbocycles. The van der Waals surface area contributed by atoms with Crippen molar-refractivity contribution in [1.29, 1.82) is 0 Å². The zero-order chi connectivity index (χ0) is 10.4. The summed E-state index contributed by atoms with van der Waals surface area (Å²) in [6, 6.07) is 4.34.